The van der Waals surface area contributed by atoms with E-state index >= 15 is 0 Å². The van der Waals surface area contributed by atoms with Crippen LogP contribution >= 0.6 is 0 Å². The average molecular weight is 494 g/mol. The van der Waals surface area contributed by atoms with Crippen LogP contribution in [0.15, 0.2) is 12.4 Å². The summed E-state index contributed by atoms with van der Waals surface area (Å²) in [6, 6.07) is 0.591. The molecular weight excluding hydrogens is 452 g/mol. The first-order valence-electron chi connectivity index (χ1n) is 13.7. The van der Waals surface area contributed by atoms with Crippen molar-refractivity contribution in [2.75, 3.05) is 13.2 Å². The van der Waals surface area contributed by atoms with Crippen molar-refractivity contribution < 1.29 is 18.7 Å². The molecular formula is C26H41F2N5O2. The lowest BCUT2D eigenvalue weighted by molar-refractivity contribution is 0.0710. The number of carbonyl (C=O) groups is 1. The molecule has 4 N–H and O–H groups in total. The number of nitrogens with zero attached hydrogens (tertiary/aromatic N) is 2. The molecule has 5 rings (SSSR count). The number of aliphatic hydroxyl groups excluding tert-OH is 1. The van der Waals surface area contributed by atoms with Crippen molar-refractivity contribution in [2.24, 2.45) is 17.8 Å². The van der Waals surface area contributed by atoms with E-state index in [-0.39, 0.29) is 37.1 Å². The van der Waals surface area contributed by atoms with Crippen LogP contribution in [0.3, 0.4) is 0 Å². The van der Waals surface area contributed by atoms with Crippen molar-refractivity contribution in [3.63, 3.8) is 0 Å². The highest BCUT2D eigenvalue weighted by molar-refractivity contribution is 5.74. The van der Waals surface area contributed by atoms with Crippen LogP contribution in [0.2, 0.25) is 0 Å². The number of nitrogens with one attached hydrogen (secondary N) is 3. The summed E-state index contributed by atoms with van der Waals surface area (Å²) in [5, 5.41) is 23.5. The van der Waals surface area contributed by atoms with Gasteiger partial charge in [-0.3, -0.25) is 4.68 Å². The molecule has 2 heterocycles. The van der Waals surface area contributed by atoms with Gasteiger partial charge in [0.05, 0.1) is 19.3 Å². The number of hydrogen-bond acceptors (Lipinski definition) is 4. The molecule has 6 unspecified atom stereocenters. The third-order valence-electron chi connectivity index (χ3n) is 9.19. The van der Waals surface area contributed by atoms with Gasteiger partial charge in [0.25, 0.3) is 0 Å². The van der Waals surface area contributed by atoms with Crippen LogP contribution in [0.4, 0.5) is 13.6 Å². The molecule has 1 aliphatic heterocycles. The van der Waals surface area contributed by atoms with Crippen molar-refractivity contribution in [1.29, 1.82) is 0 Å². The summed E-state index contributed by atoms with van der Waals surface area (Å²) < 4.78 is 29.5. The normalized spacial score (nSPS) is 39.7. The third-order valence-corrected chi connectivity index (χ3v) is 9.19. The van der Waals surface area contributed by atoms with Gasteiger partial charge in [0.1, 0.15) is 12.3 Å². The molecule has 4 fully saturated rings. The summed E-state index contributed by atoms with van der Waals surface area (Å²) in [4.78, 5) is 12.9. The Morgan fingerprint density at radius 3 is 2.54 bits per heavy atom. The largest absolute Gasteiger partial charge is 0.394 e. The Morgan fingerprint density at radius 1 is 1.03 bits per heavy atom. The maximum atomic E-state index is 13.8. The molecule has 0 spiro atoms. The smallest absolute Gasteiger partial charge is 0.315 e. The zero-order valence-electron chi connectivity index (χ0n) is 20.5. The average Bonchev–Trinajstić information content (AvgIpc) is 3.46. The SMILES string of the molecule is O=C(NC1CCC(C2CC(F)CC(F)C2)CC1)NC1CNC2CCC(c3cnn(CCO)c3)CC21. The minimum atomic E-state index is -0.995. The highest BCUT2D eigenvalue weighted by Gasteiger charge is 2.42. The molecule has 0 radical (unpaired) electrons. The van der Waals surface area contributed by atoms with E-state index in [1.54, 1.807) is 4.68 Å². The first kappa shape index (κ1) is 24.9. The molecule has 1 saturated heterocycles. The number of amides is 2. The van der Waals surface area contributed by atoms with Crippen LogP contribution in [0.1, 0.15) is 75.7 Å². The van der Waals surface area contributed by atoms with Crippen LogP contribution in [0, 0.1) is 17.8 Å². The maximum absolute atomic E-state index is 13.8. The Bertz CT molecular complexity index is 835. The lowest BCUT2D eigenvalue weighted by atomic mass is 9.71. The number of carbonyl (C=O) groups excluding carboxylic acids is 1. The molecule has 0 bridgehead atoms. The molecule has 35 heavy (non-hydrogen) atoms. The lowest BCUT2D eigenvalue weighted by Crippen LogP contribution is -2.50. The Morgan fingerprint density at radius 2 is 1.80 bits per heavy atom. The van der Waals surface area contributed by atoms with Crippen molar-refractivity contribution in [3.05, 3.63) is 18.0 Å². The van der Waals surface area contributed by atoms with Gasteiger partial charge in [-0.25, -0.2) is 13.6 Å². The molecule has 2 amide bonds. The third kappa shape index (κ3) is 5.98. The Kier molecular flexibility index (Phi) is 7.92. The van der Waals surface area contributed by atoms with Gasteiger partial charge in [-0.05, 0) is 87.0 Å². The van der Waals surface area contributed by atoms with Crippen LogP contribution in [-0.4, -0.2) is 64.5 Å². The van der Waals surface area contributed by atoms with Crippen molar-refractivity contribution in [1.82, 2.24) is 25.7 Å². The summed E-state index contributed by atoms with van der Waals surface area (Å²) in [7, 11) is 0. The molecule has 6 atom stereocenters. The molecule has 3 saturated carbocycles. The van der Waals surface area contributed by atoms with E-state index in [1.165, 1.54) is 5.56 Å². The zero-order valence-corrected chi connectivity index (χ0v) is 20.5. The first-order valence-corrected chi connectivity index (χ1v) is 13.7. The molecule has 1 aromatic heterocycles. The minimum Gasteiger partial charge on any atom is -0.394 e. The van der Waals surface area contributed by atoms with Crippen LogP contribution in [-0.2, 0) is 6.54 Å². The highest BCUT2D eigenvalue weighted by Crippen LogP contribution is 2.41. The number of rotatable bonds is 6. The van der Waals surface area contributed by atoms with E-state index < -0.39 is 12.3 Å². The summed E-state index contributed by atoms with van der Waals surface area (Å²) >= 11 is 0. The van der Waals surface area contributed by atoms with Gasteiger partial charge in [0.15, 0.2) is 0 Å². The monoisotopic (exact) mass is 493 g/mol. The highest BCUT2D eigenvalue weighted by atomic mass is 19.1. The Hall–Kier alpha value is -1.74. The first-order chi connectivity index (χ1) is 17.0. The molecule has 7 nitrogen and oxygen atoms in total. The second-order valence-corrected chi connectivity index (χ2v) is 11.4. The second-order valence-electron chi connectivity index (χ2n) is 11.4. The van der Waals surface area contributed by atoms with Gasteiger partial charge in [-0.1, -0.05) is 0 Å². The van der Waals surface area contributed by atoms with E-state index in [9.17, 15) is 13.6 Å². The second kappa shape index (κ2) is 11.1. The van der Waals surface area contributed by atoms with Gasteiger partial charge < -0.3 is 21.1 Å². The topological polar surface area (TPSA) is 91.2 Å². The fourth-order valence-corrected chi connectivity index (χ4v) is 7.35. The predicted molar refractivity (Wildman–Crippen MR) is 130 cm³/mol. The van der Waals surface area contributed by atoms with Crippen molar-refractivity contribution >= 4 is 6.03 Å². The maximum Gasteiger partial charge on any atom is 0.315 e. The zero-order chi connectivity index (χ0) is 24.4. The van der Waals surface area contributed by atoms with Gasteiger partial charge in [-0.2, -0.15) is 5.10 Å². The number of alkyl halides is 2. The fourth-order valence-electron chi connectivity index (χ4n) is 7.35. The molecule has 3 aliphatic carbocycles. The minimum absolute atomic E-state index is 0.0690. The summed E-state index contributed by atoms with van der Waals surface area (Å²) in [5.74, 6) is 1.36. The molecule has 1 aromatic rings. The van der Waals surface area contributed by atoms with E-state index in [1.807, 2.05) is 12.4 Å². The quantitative estimate of drug-likeness (QED) is 0.489. The van der Waals surface area contributed by atoms with E-state index in [0.717, 1.165) is 51.5 Å². The molecule has 9 heteroatoms. The van der Waals surface area contributed by atoms with Crippen molar-refractivity contribution in [2.45, 2.75) is 107 Å². The number of hydrogen-bond donors (Lipinski definition) is 4. The summed E-state index contributed by atoms with van der Waals surface area (Å²) in [6.45, 7) is 1.39. The van der Waals surface area contributed by atoms with Crippen LogP contribution < -0.4 is 16.0 Å². The van der Waals surface area contributed by atoms with Gasteiger partial charge in [0.2, 0.25) is 0 Å². The van der Waals surface area contributed by atoms with Gasteiger partial charge in [-0.15, -0.1) is 0 Å². The van der Waals surface area contributed by atoms with Gasteiger partial charge in [0, 0.05) is 37.3 Å². The van der Waals surface area contributed by atoms with E-state index in [0.29, 0.717) is 43.2 Å². The van der Waals surface area contributed by atoms with Gasteiger partial charge >= 0.3 is 6.03 Å². The lowest BCUT2D eigenvalue weighted by Gasteiger charge is -2.38. The Labute approximate surface area is 206 Å². The predicted octanol–water partition coefficient (Wildman–Crippen LogP) is 3.43. The summed E-state index contributed by atoms with van der Waals surface area (Å²) in [6.07, 6.45) is 9.92. The van der Waals surface area contributed by atoms with Crippen LogP contribution in [0.5, 0.6) is 0 Å². The number of fused-ring (bicyclic) bond motifs is 1. The standard InChI is InChI=1S/C26H41F2N5O2/c27-20-9-18(10-21(28)12-20)16-1-4-22(5-2-16)31-26(35)32-25-14-29-24-6-3-17(11-23(24)25)19-13-30-33(15-19)7-8-34/h13,15-18,20-25,29,34H,1-12,14H2,(H2,31,32,35). The van der Waals surface area contributed by atoms with E-state index in [2.05, 4.69) is 21.0 Å². The summed E-state index contributed by atoms with van der Waals surface area (Å²) in [5.41, 5.74) is 1.22. The van der Waals surface area contributed by atoms with Crippen molar-refractivity contribution in [3.8, 4) is 0 Å². The number of urea groups is 1. The Balaban J connectivity index is 1.08. The van der Waals surface area contributed by atoms with E-state index in [4.69, 9.17) is 5.11 Å². The number of aromatic nitrogens is 2. The molecule has 0 aromatic carbocycles. The molecule has 196 valence electrons. The molecule has 4 aliphatic rings. The van der Waals surface area contributed by atoms with Crippen LogP contribution in [0.25, 0.3) is 0 Å². The fraction of sp³-hybridized carbons (Fsp3) is 0.846. The number of halogens is 2. The number of aliphatic hydroxyl groups is 1.